The molecule has 0 aromatic carbocycles. The summed E-state index contributed by atoms with van der Waals surface area (Å²) in [5, 5.41) is 0. The highest BCUT2D eigenvalue weighted by Crippen LogP contribution is 2.23. The maximum absolute atomic E-state index is 12.2. The van der Waals surface area contributed by atoms with E-state index in [0.29, 0.717) is 0 Å². The number of hydrogen-bond donors (Lipinski definition) is 0. The van der Waals surface area contributed by atoms with Gasteiger partial charge in [0.05, 0.1) is 6.61 Å². The minimum atomic E-state index is -2.77. The molecule has 0 aromatic heterocycles. The van der Waals surface area contributed by atoms with Gasteiger partial charge < -0.3 is 9.47 Å². The summed E-state index contributed by atoms with van der Waals surface area (Å²) in [5.41, 5.74) is 0. The summed E-state index contributed by atoms with van der Waals surface area (Å²) >= 11 is 0. The van der Waals surface area contributed by atoms with Gasteiger partial charge in [0, 0.05) is 6.92 Å². The lowest BCUT2D eigenvalue weighted by atomic mass is 10.2. The van der Waals surface area contributed by atoms with Crippen molar-refractivity contribution in [2.45, 2.75) is 19.0 Å². The highest BCUT2D eigenvalue weighted by atomic mass is 19.3. The van der Waals surface area contributed by atoms with Crippen LogP contribution in [-0.2, 0) is 9.47 Å². The molecule has 0 radical (unpaired) electrons. The van der Waals surface area contributed by atoms with Gasteiger partial charge in [0.15, 0.2) is 0 Å². The zero-order valence-electron chi connectivity index (χ0n) is 5.06. The second-order valence-electron chi connectivity index (χ2n) is 2.10. The minimum absolute atomic E-state index is 0.00347. The van der Waals surface area contributed by atoms with Crippen molar-refractivity contribution in [3.63, 3.8) is 0 Å². The van der Waals surface area contributed by atoms with Gasteiger partial charge in [-0.1, -0.05) is 0 Å². The zero-order valence-corrected chi connectivity index (χ0v) is 5.06. The Labute approximate surface area is 51.8 Å². The molecule has 0 N–H and O–H groups in total. The van der Waals surface area contributed by atoms with Gasteiger partial charge in [-0.2, -0.15) is 0 Å². The third-order valence-electron chi connectivity index (χ3n) is 1.19. The molecule has 9 heavy (non-hydrogen) atoms. The molecule has 0 aromatic rings. The number of halogens is 2. The van der Waals surface area contributed by atoms with Crippen LogP contribution in [0.5, 0.6) is 0 Å². The summed E-state index contributed by atoms with van der Waals surface area (Å²) < 4.78 is 33.6. The molecule has 1 heterocycles. The average Bonchev–Trinajstić information content (AvgIpc) is 2.08. The first-order chi connectivity index (χ1) is 4.11. The molecule has 1 atom stereocenters. The first kappa shape index (κ1) is 6.89. The lowest BCUT2D eigenvalue weighted by molar-refractivity contribution is -0.0984. The smallest absolute Gasteiger partial charge is 0.273 e. The van der Waals surface area contributed by atoms with Crippen LogP contribution in [0.2, 0.25) is 0 Å². The lowest BCUT2D eigenvalue weighted by Crippen LogP contribution is -2.31. The molecule has 1 fully saturated rings. The van der Waals surface area contributed by atoms with Gasteiger partial charge in [-0.05, 0) is 0 Å². The number of hydrogen-bond acceptors (Lipinski definition) is 2. The van der Waals surface area contributed by atoms with Crippen LogP contribution in [0.3, 0.4) is 0 Å². The van der Waals surface area contributed by atoms with Crippen molar-refractivity contribution in [2.75, 3.05) is 13.4 Å². The second-order valence-corrected chi connectivity index (χ2v) is 2.10. The number of rotatable bonds is 1. The van der Waals surface area contributed by atoms with E-state index in [1.165, 1.54) is 0 Å². The van der Waals surface area contributed by atoms with Gasteiger partial charge in [-0.25, -0.2) is 8.78 Å². The molecule has 1 saturated heterocycles. The molecule has 54 valence electrons. The summed E-state index contributed by atoms with van der Waals surface area (Å²) in [6.45, 7) is 0.823. The highest BCUT2D eigenvalue weighted by Gasteiger charge is 2.37. The predicted octanol–water partition coefficient (Wildman–Crippen LogP) is 1.01. The standard InChI is InChI=1S/C5H8F2O2/c1-5(6,7)4-2-8-3-9-4/h4H,2-3H2,1H3. The number of ether oxygens (including phenoxy) is 2. The minimum Gasteiger partial charge on any atom is -0.352 e. The van der Waals surface area contributed by atoms with Gasteiger partial charge in [-0.15, -0.1) is 0 Å². The zero-order chi connectivity index (χ0) is 6.91. The fourth-order valence-electron chi connectivity index (χ4n) is 0.626. The Morgan fingerprint density at radius 2 is 2.22 bits per heavy atom. The van der Waals surface area contributed by atoms with E-state index in [2.05, 4.69) is 9.47 Å². The van der Waals surface area contributed by atoms with E-state index >= 15 is 0 Å². The third kappa shape index (κ3) is 1.59. The summed E-state index contributed by atoms with van der Waals surface area (Å²) in [7, 11) is 0. The largest absolute Gasteiger partial charge is 0.352 e. The molecule has 1 rings (SSSR count). The molecule has 0 saturated carbocycles. The van der Waals surface area contributed by atoms with Gasteiger partial charge in [0.25, 0.3) is 5.92 Å². The Morgan fingerprint density at radius 1 is 1.56 bits per heavy atom. The van der Waals surface area contributed by atoms with Crippen molar-refractivity contribution < 1.29 is 18.3 Å². The summed E-state index contributed by atoms with van der Waals surface area (Å²) in [4.78, 5) is 0. The van der Waals surface area contributed by atoms with Gasteiger partial charge in [0.2, 0.25) is 0 Å². The Morgan fingerprint density at radius 3 is 2.44 bits per heavy atom. The molecule has 2 nitrogen and oxygen atoms in total. The fourth-order valence-corrected chi connectivity index (χ4v) is 0.626. The number of alkyl halides is 2. The molecular formula is C5H8F2O2. The monoisotopic (exact) mass is 138 g/mol. The Kier molecular flexibility index (Phi) is 1.68. The lowest BCUT2D eigenvalue weighted by Gasteiger charge is -2.14. The van der Waals surface area contributed by atoms with Gasteiger partial charge >= 0.3 is 0 Å². The molecule has 1 aliphatic heterocycles. The normalized spacial score (nSPS) is 29.0. The summed E-state index contributed by atoms with van der Waals surface area (Å²) in [6, 6.07) is 0. The van der Waals surface area contributed by atoms with Gasteiger partial charge in [0.1, 0.15) is 12.9 Å². The van der Waals surface area contributed by atoms with E-state index in [9.17, 15) is 8.78 Å². The summed E-state index contributed by atoms with van der Waals surface area (Å²) in [5.74, 6) is -2.77. The topological polar surface area (TPSA) is 18.5 Å². The van der Waals surface area contributed by atoms with Crippen LogP contribution >= 0.6 is 0 Å². The quantitative estimate of drug-likeness (QED) is 0.538. The molecule has 4 heteroatoms. The van der Waals surface area contributed by atoms with Gasteiger partial charge in [-0.3, -0.25) is 0 Å². The molecule has 1 unspecified atom stereocenters. The van der Waals surface area contributed by atoms with Crippen LogP contribution in [0, 0.1) is 0 Å². The maximum atomic E-state index is 12.2. The van der Waals surface area contributed by atoms with Crippen LogP contribution in [0.4, 0.5) is 8.78 Å². The fraction of sp³-hybridized carbons (Fsp3) is 1.00. The van der Waals surface area contributed by atoms with Crippen LogP contribution in [0.1, 0.15) is 6.92 Å². The van der Waals surface area contributed by atoms with Crippen LogP contribution in [0.15, 0.2) is 0 Å². The van der Waals surface area contributed by atoms with E-state index in [-0.39, 0.29) is 13.4 Å². The van der Waals surface area contributed by atoms with Crippen molar-refractivity contribution in [2.24, 2.45) is 0 Å². The van der Waals surface area contributed by atoms with E-state index in [4.69, 9.17) is 0 Å². The van der Waals surface area contributed by atoms with Crippen molar-refractivity contribution in [1.82, 2.24) is 0 Å². The molecule has 0 bridgehead atoms. The van der Waals surface area contributed by atoms with Crippen molar-refractivity contribution in [3.8, 4) is 0 Å². The Hall–Kier alpha value is -0.220. The highest BCUT2D eigenvalue weighted by molar-refractivity contribution is 4.73. The maximum Gasteiger partial charge on any atom is 0.273 e. The average molecular weight is 138 g/mol. The first-order valence-corrected chi connectivity index (χ1v) is 2.68. The Balaban J connectivity index is 2.42. The SMILES string of the molecule is CC(F)(F)C1COCO1. The van der Waals surface area contributed by atoms with Crippen molar-refractivity contribution in [1.29, 1.82) is 0 Å². The van der Waals surface area contributed by atoms with E-state index in [1.54, 1.807) is 0 Å². The van der Waals surface area contributed by atoms with Crippen molar-refractivity contribution in [3.05, 3.63) is 0 Å². The summed E-state index contributed by atoms with van der Waals surface area (Å²) in [6.07, 6.45) is -1.04. The molecule has 0 spiro atoms. The molecular weight excluding hydrogens is 130 g/mol. The molecule has 1 aliphatic rings. The van der Waals surface area contributed by atoms with Crippen LogP contribution in [-0.4, -0.2) is 25.4 Å². The van der Waals surface area contributed by atoms with E-state index in [1.807, 2.05) is 0 Å². The van der Waals surface area contributed by atoms with Crippen LogP contribution in [0.25, 0.3) is 0 Å². The first-order valence-electron chi connectivity index (χ1n) is 2.68. The van der Waals surface area contributed by atoms with E-state index in [0.717, 1.165) is 6.92 Å². The van der Waals surface area contributed by atoms with Crippen molar-refractivity contribution >= 4 is 0 Å². The molecule has 0 aliphatic carbocycles. The Bertz CT molecular complexity index is 93.6. The predicted molar refractivity (Wildman–Crippen MR) is 26.3 cm³/mol. The second kappa shape index (κ2) is 2.19. The third-order valence-corrected chi connectivity index (χ3v) is 1.19. The molecule has 0 amide bonds. The van der Waals surface area contributed by atoms with E-state index < -0.39 is 12.0 Å². The van der Waals surface area contributed by atoms with Crippen LogP contribution < -0.4 is 0 Å².